The van der Waals surface area contributed by atoms with Gasteiger partial charge >= 0.3 is 5.97 Å². The normalized spacial score (nSPS) is 10.4. The lowest BCUT2D eigenvalue weighted by Gasteiger charge is -1.95. The first-order valence-electron chi connectivity index (χ1n) is 4.42. The van der Waals surface area contributed by atoms with E-state index in [9.17, 15) is 4.79 Å². The van der Waals surface area contributed by atoms with Crippen LogP contribution in [0.15, 0.2) is 4.42 Å². The third-order valence-corrected chi connectivity index (χ3v) is 1.71. The summed E-state index contributed by atoms with van der Waals surface area (Å²) < 4.78 is 10.3. The summed E-state index contributed by atoms with van der Waals surface area (Å²) in [6.45, 7) is 4.60. The minimum Gasteiger partial charge on any atom is -0.476 e. The Balaban J connectivity index is 2.62. The van der Waals surface area contributed by atoms with E-state index in [1.54, 1.807) is 6.92 Å². The van der Waals surface area contributed by atoms with Crippen molar-refractivity contribution in [1.82, 2.24) is 4.98 Å². The molecule has 0 spiro atoms. The smallest absolute Gasteiger partial charge is 0.358 e. The predicted molar refractivity (Wildman–Crippen MR) is 48.4 cm³/mol. The van der Waals surface area contributed by atoms with Crippen molar-refractivity contribution in [2.45, 2.75) is 20.3 Å². The van der Waals surface area contributed by atoms with Crippen LogP contribution >= 0.6 is 0 Å². The van der Waals surface area contributed by atoms with E-state index in [1.165, 1.54) is 0 Å². The van der Waals surface area contributed by atoms with Crippen molar-refractivity contribution in [3.05, 3.63) is 17.3 Å². The van der Waals surface area contributed by atoms with Crippen molar-refractivity contribution >= 4 is 5.97 Å². The molecule has 5 nitrogen and oxygen atoms in total. The molecule has 0 saturated heterocycles. The van der Waals surface area contributed by atoms with Crippen LogP contribution in [0.1, 0.15) is 29.1 Å². The third-order valence-electron chi connectivity index (χ3n) is 1.71. The molecular formula is C9H13NO4. The van der Waals surface area contributed by atoms with Gasteiger partial charge in [0.25, 0.3) is 0 Å². The summed E-state index contributed by atoms with van der Waals surface area (Å²) in [6, 6.07) is 0. The number of carbonyl (C=O) groups is 1. The predicted octanol–water partition coefficient (Wildman–Crippen LogP) is 1.26. The van der Waals surface area contributed by atoms with Gasteiger partial charge in [-0.3, -0.25) is 0 Å². The van der Waals surface area contributed by atoms with Crippen molar-refractivity contribution in [2.75, 3.05) is 13.2 Å². The Kier molecular flexibility index (Phi) is 3.64. The third kappa shape index (κ3) is 2.56. The Hall–Kier alpha value is -1.36. The fraction of sp³-hybridized carbons (Fsp3) is 0.556. The molecule has 0 bridgehead atoms. The van der Waals surface area contributed by atoms with Gasteiger partial charge in [-0.05, 0) is 13.8 Å². The van der Waals surface area contributed by atoms with Crippen LogP contribution in [0.3, 0.4) is 0 Å². The van der Waals surface area contributed by atoms with Gasteiger partial charge in [0.15, 0.2) is 11.6 Å². The number of rotatable bonds is 5. The van der Waals surface area contributed by atoms with Gasteiger partial charge in [0.2, 0.25) is 0 Å². The number of carboxylic acid groups (broad SMARTS) is 1. The van der Waals surface area contributed by atoms with E-state index in [1.807, 2.05) is 6.92 Å². The van der Waals surface area contributed by atoms with Crippen LogP contribution in [0.5, 0.6) is 0 Å². The van der Waals surface area contributed by atoms with Crippen molar-refractivity contribution in [3.63, 3.8) is 0 Å². The van der Waals surface area contributed by atoms with Gasteiger partial charge in [0, 0.05) is 13.0 Å². The van der Waals surface area contributed by atoms with Crippen molar-refractivity contribution in [3.8, 4) is 0 Å². The SMILES string of the molecule is CCOCCc1nc(C(=O)O)c(C)o1. The molecule has 1 N–H and O–H groups in total. The molecule has 0 unspecified atom stereocenters. The Labute approximate surface area is 81.7 Å². The molecule has 14 heavy (non-hydrogen) atoms. The van der Waals surface area contributed by atoms with Gasteiger partial charge < -0.3 is 14.3 Å². The monoisotopic (exact) mass is 199 g/mol. The van der Waals surface area contributed by atoms with Gasteiger partial charge in [-0.15, -0.1) is 0 Å². The molecule has 0 radical (unpaired) electrons. The second kappa shape index (κ2) is 4.76. The summed E-state index contributed by atoms with van der Waals surface area (Å²) >= 11 is 0. The van der Waals surface area contributed by atoms with Crippen LogP contribution in [0.2, 0.25) is 0 Å². The summed E-state index contributed by atoms with van der Waals surface area (Å²) in [7, 11) is 0. The van der Waals surface area contributed by atoms with Crippen LogP contribution < -0.4 is 0 Å². The highest BCUT2D eigenvalue weighted by molar-refractivity contribution is 5.86. The zero-order valence-electron chi connectivity index (χ0n) is 8.24. The lowest BCUT2D eigenvalue weighted by atomic mass is 10.4. The molecule has 1 aromatic rings. The summed E-state index contributed by atoms with van der Waals surface area (Å²) in [4.78, 5) is 14.4. The van der Waals surface area contributed by atoms with Gasteiger partial charge in [-0.2, -0.15) is 0 Å². The highest BCUT2D eigenvalue weighted by atomic mass is 16.5. The van der Waals surface area contributed by atoms with E-state index in [0.717, 1.165) is 0 Å². The number of hydrogen-bond acceptors (Lipinski definition) is 4. The van der Waals surface area contributed by atoms with Gasteiger partial charge in [-0.25, -0.2) is 9.78 Å². The second-order valence-corrected chi connectivity index (χ2v) is 2.76. The first kappa shape index (κ1) is 10.7. The maximum absolute atomic E-state index is 10.6. The molecule has 1 aromatic heterocycles. The molecule has 1 rings (SSSR count). The van der Waals surface area contributed by atoms with E-state index in [-0.39, 0.29) is 5.69 Å². The van der Waals surface area contributed by atoms with Gasteiger partial charge in [0.05, 0.1) is 6.61 Å². The molecule has 5 heteroatoms. The van der Waals surface area contributed by atoms with Gasteiger partial charge in [0.1, 0.15) is 5.76 Å². The number of hydrogen-bond donors (Lipinski definition) is 1. The van der Waals surface area contributed by atoms with Crippen LogP contribution in [0.25, 0.3) is 0 Å². The van der Waals surface area contributed by atoms with E-state index in [0.29, 0.717) is 31.3 Å². The molecule has 0 aliphatic rings. The fourth-order valence-electron chi connectivity index (χ4n) is 1.06. The first-order chi connectivity index (χ1) is 6.65. The highest BCUT2D eigenvalue weighted by Crippen LogP contribution is 2.10. The van der Waals surface area contributed by atoms with E-state index < -0.39 is 5.97 Å². The molecule has 78 valence electrons. The number of oxazole rings is 1. The fourth-order valence-corrected chi connectivity index (χ4v) is 1.06. The minimum absolute atomic E-state index is 0.0171. The van der Waals surface area contributed by atoms with Gasteiger partial charge in [-0.1, -0.05) is 0 Å². The molecule has 0 atom stereocenters. The summed E-state index contributed by atoms with van der Waals surface area (Å²) in [5, 5.41) is 8.70. The standard InChI is InChI=1S/C9H13NO4/c1-3-13-5-4-7-10-8(9(11)12)6(2)14-7/h3-5H2,1-2H3,(H,11,12). The van der Waals surface area contributed by atoms with Crippen LogP contribution in [0, 0.1) is 6.92 Å². The number of carboxylic acids is 1. The number of nitrogens with zero attached hydrogens (tertiary/aromatic N) is 1. The van der Waals surface area contributed by atoms with E-state index >= 15 is 0 Å². The average molecular weight is 199 g/mol. The zero-order valence-corrected chi connectivity index (χ0v) is 8.24. The van der Waals surface area contributed by atoms with Crippen LogP contribution in [0.4, 0.5) is 0 Å². The highest BCUT2D eigenvalue weighted by Gasteiger charge is 2.15. The maximum Gasteiger partial charge on any atom is 0.358 e. The van der Waals surface area contributed by atoms with Crippen molar-refractivity contribution in [1.29, 1.82) is 0 Å². The molecular weight excluding hydrogens is 186 g/mol. The first-order valence-corrected chi connectivity index (χ1v) is 4.42. The number of aromatic nitrogens is 1. The molecule has 0 aliphatic heterocycles. The summed E-state index contributed by atoms with van der Waals surface area (Å²) in [6.07, 6.45) is 0.502. The average Bonchev–Trinajstić information content (AvgIpc) is 2.47. The molecule has 0 aliphatic carbocycles. The summed E-state index contributed by atoms with van der Waals surface area (Å²) in [5.74, 6) is -0.314. The Morgan fingerprint density at radius 3 is 2.86 bits per heavy atom. The topological polar surface area (TPSA) is 72.6 Å². The molecule has 0 fully saturated rings. The van der Waals surface area contributed by atoms with E-state index in [4.69, 9.17) is 14.3 Å². The number of ether oxygens (including phenoxy) is 1. The lowest BCUT2D eigenvalue weighted by molar-refractivity contribution is 0.0689. The maximum atomic E-state index is 10.6. The van der Waals surface area contributed by atoms with Crippen molar-refractivity contribution < 1.29 is 19.1 Å². The Morgan fingerprint density at radius 1 is 1.64 bits per heavy atom. The molecule has 0 aromatic carbocycles. The number of aromatic carboxylic acids is 1. The second-order valence-electron chi connectivity index (χ2n) is 2.76. The lowest BCUT2D eigenvalue weighted by Crippen LogP contribution is -2.01. The Morgan fingerprint density at radius 2 is 2.36 bits per heavy atom. The van der Waals surface area contributed by atoms with Crippen LogP contribution in [-0.4, -0.2) is 29.3 Å². The molecule has 0 saturated carbocycles. The molecule has 0 amide bonds. The quantitative estimate of drug-likeness (QED) is 0.723. The van der Waals surface area contributed by atoms with Crippen molar-refractivity contribution in [2.24, 2.45) is 0 Å². The summed E-state index contributed by atoms with van der Waals surface area (Å²) in [5.41, 5.74) is -0.0171. The minimum atomic E-state index is -1.06. The Bertz CT molecular complexity index is 319. The van der Waals surface area contributed by atoms with Crippen LogP contribution in [-0.2, 0) is 11.2 Å². The molecule has 1 heterocycles. The largest absolute Gasteiger partial charge is 0.476 e. The zero-order chi connectivity index (χ0) is 10.6. The van der Waals surface area contributed by atoms with E-state index in [2.05, 4.69) is 4.98 Å². The number of aryl methyl sites for hydroxylation is 1.